The maximum Gasteiger partial charge on any atom is 0.335 e. The van der Waals surface area contributed by atoms with E-state index in [1.807, 2.05) is 13.8 Å². The molecule has 0 saturated carbocycles. The second kappa shape index (κ2) is 10.1. The molecule has 0 spiro atoms. The molecule has 168 valence electrons. The van der Waals surface area contributed by atoms with Crippen LogP contribution in [-0.4, -0.2) is 61.8 Å². The van der Waals surface area contributed by atoms with Crippen LogP contribution >= 0.6 is 0 Å². The summed E-state index contributed by atoms with van der Waals surface area (Å²) in [6.45, 7) is 6.85. The predicted molar refractivity (Wildman–Crippen MR) is 121 cm³/mol. The van der Waals surface area contributed by atoms with Gasteiger partial charge in [0.15, 0.2) is 0 Å². The van der Waals surface area contributed by atoms with Crippen molar-refractivity contribution in [2.45, 2.75) is 38.5 Å². The molecule has 0 aliphatic heterocycles. The van der Waals surface area contributed by atoms with Crippen molar-refractivity contribution >= 4 is 21.9 Å². The molecule has 2 aromatic carbocycles. The highest BCUT2D eigenvalue weighted by Gasteiger charge is 2.22. The van der Waals surface area contributed by atoms with E-state index in [0.29, 0.717) is 35.3 Å². The molecule has 7 nitrogen and oxygen atoms in total. The highest BCUT2D eigenvalue weighted by Crippen LogP contribution is 2.29. The van der Waals surface area contributed by atoms with Crippen molar-refractivity contribution in [3.63, 3.8) is 0 Å². The molecular weight excluding hydrogens is 416 g/mol. The Morgan fingerprint density at radius 2 is 1.52 bits per heavy atom. The van der Waals surface area contributed by atoms with E-state index in [4.69, 9.17) is 0 Å². The summed E-state index contributed by atoms with van der Waals surface area (Å²) in [7, 11) is -0.658. The summed E-state index contributed by atoms with van der Waals surface area (Å²) >= 11 is 0. The first kappa shape index (κ1) is 24.6. The van der Waals surface area contributed by atoms with Crippen molar-refractivity contribution in [2.24, 2.45) is 0 Å². The standard InChI is InChI=1S/C23H30N2O5S/c1-6-12-25(13-7-2)22(26)18-14-20(16(3)21(15-18)23(27)28)17-8-10-19(11-9-17)31(29,30)24(4)5/h8-11,14-15H,6-7,12-13H2,1-5H3,(H,27,28). The molecule has 2 aromatic rings. The fraction of sp³-hybridized carbons (Fsp3) is 0.391. The van der Waals surface area contributed by atoms with E-state index in [1.165, 1.54) is 32.3 Å². The van der Waals surface area contributed by atoms with Gasteiger partial charge in [0.25, 0.3) is 5.91 Å². The van der Waals surface area contributed by atoms with Gasteiger partial charge in [0.1, 0.15) is 0 Å². The minimum Gasteiger partial charge on any atom is -0.478 e. The molecule has 0 aliphatic carbocycles. The van der Waals surface area contributed by atoms with Crippen molar-refractivity contribution in [1.29, 1.82) is 0 Å². The van der Waals surface area contributed by atoms with Crippen LogP contribution in [0.4, 0.5) is 0 Å². The van der Waals surface area contributed by atoms with Gasteiger partial charge in [-0.3, -0.25) is 4.79 Å². The lowest BCUT2D eigenvalue weighted by molar-refractivity contribution is 0.0696. The summed E-state index contributed by atoms with van der Waals surface area (Å²) in [5.74, 6) is -1.32. The molecule has 0 unspecified atom stereocenters. The Morgan fingerprint density at radius 1 is 0.968 bits per heavy atom. The number of hydrogen-bond acceptors (Lipinski definition) is 4. The zero-order valence-corrected chi connectivity index (χ0v) is 19.5. The Balaban J connectivity index is 2.60. The summed E-state index contributed by atoms with van der Waals surface area (Å²) in [4.78, 5) is 26.8. The molecule has 31 heavy (non-hydrogen) atoms. The Morgan fingerprint density at radius 3 is 1.97 bits per heavy atom. The molecule has 8 heteroatoms. The Bertz CT molecular complexity index is 1050. The molecule has 1 N–H and O–H groups in total. The summed E-state index contributed by atoms with van der Waals surface area (Å²) in [6.07, 6.45) is 1.61. The molecule has 0 fully saturated rings. The fourth-order valence-electron chi connectivity index (χ4n) is 3.41. The second-order valence-corrected chi connectivity index (χ2v) is 9.76. The van der Waals surface area contributed by atoms with Gasteiger partial charge in [-0.05, 0) is 60.7 Å². The molecule has 1 amide bonds. The average Bonchev–Trinajstić information content (AvgIpc) is 2.73. The van der Waals surface area contributed by atoms with E-state index in [9.17, 15) is 23.1 Å². The lowest BCUT2D eigenvalue weighted by Crippen LogP contribution is -2.32. The van der Waals surface area contributed by atoms with Crippen molar-refractivity contribution in [1.82, 2.24) is 9.21 Å². The van der Waals surface area contributed by atoms with Crippen LogP contribution in [-0.2, 0) is 10.0 Å². The first-order valence-corrected chi connectivity index (χ1v) is 11.7. The van der Waals surface area contributed by atoms with E-state index in [1.54, 1.807) is 30.0 Å². The minimum absolute atomic E-state index is 0.0544. The van der Waals surface area contributed by atoms with Crippen LogP contribution in [0.1, 0.15) is 53.0 Å². The summed E-state index contributed by atoms with van der Waals surface area (Å²) in [5, 5.41) is 9.69. The molecule has 0 aliphatic rings. The van der Waals surface area contributed by atoms with Gasteiger partial charge in [-0.1, -0.05) is 26.0 Å². The number of sulfonamides is 1. The number of nitrogens with zero attached hydrogens (tertiary/aromatic N) is 2. The van der Waals surface area contributed by atoms with Gasteiger partial charge in [0.05, 0.1) is 10.5 Å². The van der Waals surface area contributed by atoms with Gasteiger partial charge in [0.2, 0.25) is 10.0 Å². The first-order chi connectivity index (χ1) is 14.5. The monoisotopic (exact) mass is 446 g/mol. The lowest BCUT2D eigenvalue weighted by Gasteiger charge is -2.22. The van der Waals surface area contributed by atoms with Gasteiger partial charge in [0, 0.05) is 32.7 Å². The molecule has 0 bridgehead atoms. The van der Waals surface area contributed by atoms with E-state index >= 15 is 0 Å². The number of rotatable bonds is 9. The number of amides is 1. The third-order valence-corrected chi connectivity index (χ3v) is 6.93. The third kappa shape index (κ3) is 5.32. The minimum atomic E-state index is -3.57. The predicted octanol–water partition coefficient (Wildman–Crippen LogP) is 3.87. The SMILES string of the molecule is CCCN(CCC)C(=O)c1cc(C(=O)O)c(C)c(-c2ccc(S(=O)(=O)N(C)C)cc2)c1. The van der Waals surface area contributed by atoms with Crippen LogP contribution < -0.4 is 0 Å². The Labute approximate surface area is 184 Å². The Hall–Kier alpha value is -2.71. The molecule has 0 radical (unpaired) electrons. The smallest absolute Gasteiger partial charge is 0.335 e. The summed E-state index contributed by atoms with van der Waals surface area (Å²) < 4.78 is 25.8. The average molecular weight is 447 g/mol. The number of hydrogen-bond donors (Lipinski definition) is 1. The second-order valence-electron chi connectivity index (χ2n) is 7.61. The van der Waals surface area contributed by atoms with E-state index in [-0.39, 0.29) is 16.4 Å². The maximum absolute atomic E-state index is 13.1. The van der Waals surface area contributed by atoms with Crippen molar-refractivity contribution in [3.05, 3.63) is 53.1 Å². The Kier molecular flexibility index (Phi) is 7.97. The van der Waals surface area contributed by atoms with Gasteiger partial charge in [-0.25, -0.2) is 17.5 Å². The van der Waals surface area contributed by atoms with E-state index in [2.05, 4.69) is 0 Å². The molecule has 0 aromatic heterocycles. The van der Waals surface area contributed by atoms with Crippen molar-refractivity contribution in [3.8, 4) is 11.1 Å². The zero-order chi connectivity index (χ0) is 23.3. The number of carboxylic acid groups (broad SMARTS) is 1. The van der Waals surface area contributed by atoms with E-state index in [0.717, 1.165) is 17.1 Å². The van der Waals surface area contributed by atoms with Crippen molar-refractivity contribution in [2.75, 3.05) is 27.2 Å². The normalized spacial score (nSPS) is 11.5. The maximum atomic E-state index is 13.1. The molecule has 2 rings (SSSR count). The topological polar surface area (TPSA) is 95.0 Å². The fourth-order valence-corrected chi connectivity index (χ4v) is 4.32. The van der Waals surface area contributed by atoms with Crippen LogP contribution in [0.25, 0.3) is 11.1 Å². The number of carbonyl (C=O) groups is 2. The highest BCUT2D eigenvalue weighted by molar-refractivity contribution is 7.89. The molecule has 0 saturated heterocycles. The molecule has 0 atom stereocenters. The quantitative estimate of drug-likeness (QED) is 0.631. The molecular formula is C23H30N2O5S. The zero-order valence-electron chi connectivity index (χ0n) is 18.7. The van der Waals surface area contributed by atoms with Gasteiger partial charge in [-0.2, -0.15) is 0 Å². The highest BCUT2D eigenvalue weighted by atomic mass is 32.2. The molecule has 0 heterocycles. The number of carboxylic acids is 1. The number of carbonyl (C=O) groups excluding carboxylic acids is 1. The lowest BCUT2D eigenvalue weighted by atomic mass is 9.93. The first-order valence-electron chi connectivity index (χ1n) is 10.2. The third-order valence-electron chi connectivity index (χ3n) is 5.10. The summed E-state index contributed by atoms with van der Waals surface area (Å²) in [5.41, 5.74) is 2.11. The van der Waals surface area contributed by atoms with Gasteiger partial charge < -0.3 is 10.0 Å². The van der Waals surface area contributed by atoms with Crippen LogP contribution in [0.15, 0.2) is 41.3 Å². The van der Waals surface area contributed by atoms with Crippen molar-refractivity contribution < 1.29 is 23.1 Å². The van der Waals surface area contributed by atoms with Gasteiger partial charge in [-0.15, -0.1) is 0 Å². The van der Waals surface area contributed by atoms with Crippen LogP contribution in [0.3, 0.4) is 0 Å². The van der Waals surface area contributed by atoms with E-state index < -0.39 is 16.0 Å². The van der Waals surface area contributed by atoms with Crippen LogP contribution in [0, 0.1) is 6.92 Å². The van der Waals surface area contributed by atoms with Gasteiger partial charge >= 0.3 is 5.97 Å². The number of benzene rings is 2. The van der Waals surface area contributed by atoms with Crippen LogP contribution in [0.5, 0.6) is 0 Å². The largest absolute Gasteiger partial charge is 0.478 e. The number of aromatic carboxylic acids is 1. The summed E-state index contributed by atoms with van der Waals surface area (Å²) in [6, 6.07) is 9.35. The van der Waals surface area contributed by atoms with Crippen LogP contribution in [0.2, 0.25) is 0 Å².